The Labute approximate surface area is 187 Å². The second-order valence-electron chi connectivity index (χ2n) is 8.11. The number of amides is 1. The third kappa shape index (κ3) is 4.68. The quantitative estimate of drug-likeness (QED) is 0.573. The molecule has 3 aromatic rings. The monoisotopic (exact) mass is 457 g/mol. The highest BCUT2D eigenvalue weighted by Gasteiger charge is 2.40. The smallest absolute Gasteiger partial charge is 0.416 e. The topological polar surface area (TPSA) is 74.9 Å². The van der Waals surface area contributed by atoms with Crippen molar-refractivity contribution < 1.29 is 22.4 Å². The van der Waals surface area contributed by atoms with Gasteiger partial charge in [-0.05, 0) is 23.8 Å². The lowest BCUT2D eigenvalue weighted by atomic mass is 9.94. The Morgan fingerprint density at radius 1 is 1.18 bits per heavy atom. The second-order valence-corrected chi connectivity index (χ2v) is 8.11. The molecule has 1 N–H and O–H groups in total. The molecular weight excluding hydrogens is 435 g/mol. The molecule has 0 saturated heterocycles. The second kappa shape index (κ2) is 8.82. The minimum absolute atomic E-state index is 0.00607. The van der Waals surface area contributed by atoms with Crippen molar-refractivity contribution in [3.05, 3.63) is 81.7 Å². The zero-order valence-corrected chi connectivity index (χ0v) is 18.0. The van der Waals surface area contributed by atoms with Crippen LogP contribution in [0.4, 0.5) is 13.2 Å². The number of hydrogen-bond donors (Lipinski definition) is 1. The van der Waals surface area contributed by atoms with Gasteiger partial charge in [-0.3, -0.25) is 4.79 Å². The average molecular weight is 457 g/mol. The van der Waals surface area contributed by atoms with E-state index in [4.69, 9.17) is 4.42 Å². The fourth-order valence-corrected chi connectivity index (χ4v) is 3.83. The van der Waals surface area contributed by atoms with Gasteiger partial charge in [0.05, 0.1) is 29.4 Å². The van der Waals surface area contributed by atoms with Crippen LogP contribution >= 0.6 is 0 Å². The summed E-state index contributed by atoms with van der Waals surface area (Å²) in [6, 6.07) is 12.6. The fraction of sp³-hybridized carbons (Fsp3) is 0.292. The minimum atomic E-state index is -4.60. The highest BCUT2D eigenvalue weighted by molar-refractivity contribution is 6.04. The van der Waals surface area contributed by atoms with Crippen molar-refractivity contribution in [1.82, 2.24) is 10.3 Å². The summed E-state index contributed by atoms with van der Waals surface area (Å²) in [6.45, 7) is 3.59. The average Bonchev–Trinajstić information content (AvgIpc) is 3.21. The van der Waals surface area contributed by atoms with Gasteiger partial charge in [-0.2, -0.15) is 18.3 Å². The Balaban J connectivity index is 1.79. The molecule has 4 rings (SSSR count). The number of alkyl halides is 3. The highest BCUT2D eigenvalue weighted by atomic mass is 19.4. The van der Waals surface area contributed by atoms with Crippen molar-refractivity contribution in [3.8, 4) is 0 Å². The highest BCUT2D eigenvalue weighted by Crippen LogP contribution is 2.40. The molecule has 1 amide bonds. The molecule has 0 aliphatic carbocycles. The predicted octanol–water partition coefficient (Wildman–Crippen LogP) is 4.49. The predicted molar refractivity (Wildman–Crippen MR) is 118 cm³/mol. The molecule has 9 heteroatoms. The SMILES string of the molecule is CC(C)NCC(=O)N1N=C(c2cc3ccccc3oc2=O)CC1c1ccccc1C(F)(F)F. The van der Waals surface area contributed by atoms with Crippen molar-refractivity contribution in [3.63, 3.8) is 0 Å². The van der Waals surface area contributed by atoms with E-state index in [0.717, 1.165) is 11.1 Å². The molecule has 1 atom stereocenters. The number of hydrazone groups is 1. The van der Waals surface area contributed by atoms with E-state index in [-0.39, 0.29) is 35.8 Å². The molecular formula is C24H22F3N3O3. The summed E-state index contributed by atoms with van der Waals surface area (Å²) in [5.74, 6) is -0.495. The van der Waals surface area contributed by atoms with Crippen LogP contribution in [-0.2, 0) is 11.0 Å². The van der Waals surface area contributed by atoms with Crippen LogP contribution in [0.2, 0.25) is 0 Å². The van der Waals surface area contributed by atoms with Gasteiger partial charge in [0.2, 0.25) is 0 Å². The lowest BCUT2D eigenvalue weighted by molar-refractivity contribution is -0.140. The number of nitrogens with one attached hydrogen (secondary N) is 1. The molecule has 1 aliphatic rings. The first-order chi connectivity index (χ1) is 15.6. The van der Waals surface area contributed by atoms with Crippen LogP contribution in [0.1, 0.15) is 43.0 Å². The molecule has 0 bridgehead atoms. The molecule has 2 heterocycles. The zero-order chi connectivity index (χ0) is 23.8. The number of carbonyl (C=O) groups excluding carboxylic acids is 1. The molecule has 1 aromatic heterocycles. The van der Waals surface area contributed by atoms with E-state index < -0.39 is 29.3 Å². The summed E-state index contributed by atoms with van der Waals surface area (Å²) in [6.07, 6.45) is -4.66. The van der Waals surface area contributed by atoms with Gasteiger partial charge in [0.1, 0.15) is 5.58 Å². The molecule has 6 nitrogen and oxygen atoms in total. The Kier molecular flexibility index (Phi) is 6.07. The van der Waals surface area contributed by atoms with Crippen LogP contribution < -0.4 is 10.9 Å². The molecule has 2 aromatic carbocycles. The lowest BCUT2D eigenvalue weighted by Crippen LogP contribution is -2.38. The van der Waals surface area contributed by atoms with Crippen molar-refractivity contribution >= 4 is 22.6 Å². The van der Waals surface area contributed by atoms with Gasteiger partial charge in [0.15, 0.2) is 0 Å². The molecule has 0 saturated carbocycles. The number of carbonyl (C=O) groups is 1. The number of rotatable bonds is 5. The van der Waals surface area contributed by atoms with Gasteiger partial charge in [-0.15, -0.1) is 0 Å². The standard InChI is InChI=1S/C24H22F3N3O3/c1-14(2)28-13-22(31)30-20(16-8-4-5-9-18(16)24(25,26)27)12-19(29-30)17-11-15-7-3-6-10-21(15)33-23(17)32/h3-11,14,20,28H,12-13H2,1-2H3. The molecule has 0 spiro atoms. The van der Waals surface area contributed by atoms with E-state index >= 15 is 0 Å². The van der Waals surface area contributed by atoms with Gasteiger partial charge >= 0.3 is 11.8 Å². The molecule has 1 unspecified atom stereocenters. The number of para-hydroxylation sites is 1. The Hall–Kier alpha value is -3.46. The van der Waals surface area contributed by atoms with E-state index in [9.17, 15) is 22.8 Å². The van der Waals surface area contributed by atoms with Gasteiger partial charge in [-0.25, -0.2) is 9.80 Å². The van der Waals surface area contributed by atoms with Crippen LogP contribution in [0, 0.1) is 0 Å². The van der Waals surface area contributed by atoms with Crippen LogP contribution in [-0.4, -0.2) is 29.2 Å². The van der Waals surface area contributed by atoms with Crippen molar-refractivity contribution in [1.29, 1.82) is 0 Å². The van der Waals surface area contributed by atoms with Gasteiger partial charge in [-0.1, -0.05) is 50.2 Å². The number of nitrogens with zero attached hydrogens (tertiary/aromatic N) is 2. The summed E-state index contributed by atoms with van der Waals surface area (Å²) in [5, 5.41) is 8.98. The van der Waals surface area contributed by atoms with E-state index in [1.807, 2.05) is 13.8 Å². The Morgan fingerprint density at radius 2 is 1.88 bits per heavy atom. The number of hydrogen-bond acceptors (Lipinski definition) is 5. The lowest BCUT2D eigenvalue weighted by Gasteiger charge is -2.25. The fourth-order valence-electron chi connectivity index (χ4n) is 3.83. The van der Waals surface area contributed by atoms with E-state index in [1.54, 1.807) is 30.3 Å². The van der Waals surface area contributed by atoms with Crippen molar-refractivity contribution in [2.45, 2.75) is 38.5 Å². The van der Waals surface area contributed by atoms with E-state index in [1.165, 1.54) is 18.2 Å². The number of fused-ring (bicyclic) bond motifs is 1. The van der Waals surface area contributed by atoms with Crippen LogP contribution in [0.25, 0.3) is 11.0 Å². The van der Waals surface area contributed by atoms with Crippen molar-refractivity contribution in [2.75, 3.05) is 6.54 Å². The largest absolute Gasteiger partial charge is 0.422 e. The maximum Gasteiger partial charge on any atom is 0.416 e. The van der Waals surface area contributed by atoms with Gasteiger partial charge in [0.25, 0.3) is 5.91 Å². The maximum atomic E-state index is 13.7. The third-order valence-electron chi connectivity index (χ3n) is 5.40. The normalized spacial score (nSPS) is 16.5. The first-order valence-corrected chi connectivity index (χ1v) is 10.5. The Morgan fingerprint density at radius 3 is 2.61 bits per heavy atom. The summed E-state index contributed by atoms with van der Waals surface area (Å²) in [4.78, 5) is 25.6. The molecule has 33 heavy (non-hydrogen) atoms. The number of benzene rings is 2. The number of halogens is 3. The third-order valence-corrected chi connectivity index (χ3v) is 5.40. The Bertz CT molecular complexity index is 1280. The zero-order valence-electron chi connectivity index (χ0n) is 18.0. The maximum absolute atomic E-state index is 13.7. The first-order valence-electron chi connectivity index (χ1n) is 10.5. The molecule has 0 fully saturated rings. The van der Waals surface area contributed by atoms with Gasteiger partial charge < -0.3 is 9.73 Å². The summed E-state index contributed by atoms with van der Waals surface area (Å²) < 4.78 is 46.5. The first kappa shape index (κ1) is 22.7. The van der Waals surface area contributed by atoms with Gasteiger partial charge in [0, 0.05) is 17.8 Å². The minimum Gasteiger partial charge on any atom is -0.422 e. The van der Waals surface area contributed by atoms with Crippen LogP contribution in [0.3, 0.4) is 0 Å². The van der Waals surface area contributed by atoms with E-state index in [2.05, 4.69) is 10.4 Å². The molecule has 1 aliphatic heterocycles. The van der Waals surface area contributed by atoms with Crippen LogP contribution in [0.5, 0.6) is 0 Å². The van der Waals surface area contributed by atoms with Crippen LogP contribution in [0.15, 0.2) is 68.9 Å². The van der Waals surface area contributed by atoms with E-state index in [0.29, 0.717) is 11.0 Å². The molecule has 172 valence electrons. The summed E-state index contributed by atoms with van der Waals surface area (Å²) in [5.41, 5.74) is -0.870. The summed E-state index contributed by atoms with van der Waals surface area (Å²) >= 11 is 0. The summed E-state index contributed by atoms with van der Waals surface area (Å²) in [7, 11) is 0. The van der Waals surface area contributed by atoms with Crippen molar-refractivity contribution in [2.24, 2.45) is 5.10 Å². The molecule has 0 radical (unpaired) electrons.